The second-order valence-electron chi connectivity index (χ2n) is 7.91. The van der Waals surface area contributed by atoms with Gasteiger partial charge in [0.2, 0.25) is 21.8 Å². The molecule has 2 rings (SSSR count). The lowest BCUT2D eigenvalue weighted by Crippen LogP contribution is -2.51. The van der Waals surface area contributed by atoms with Gasteiger partial charge in [0, 0.05) is 13.1 Å². The second-order valence-corrected chi connectivity index (χ2v) is 9.82. The lowest BCUT2D eigenvalue weighted by molar-refractivity contribution is -0.139. The van der Waals surface area contributed by atoms with Crippen LogP contribution in [0.3, 0.4) is 0 Å². The van der Waals surface area contributed by atoms with E-state index in [2.05, 4.69) is 5.32 Å². The van der Waals surface area contributed by atoms with E-state index in [-0.39, 0.29) is 23.9 Å². The Hall–Kier alpha value is -3.14. The maximum Gasteiger partial charge on any atom is 0.244 e. The summed E-state index contributed by atoms with van der Waals surface area (Å²) in [6.07, 6.45) is 2.69. The minimum absolute atomic E-state index is 0.00496. The monoisotopic (exact) mass is 493 g/mol. The van der Waals surface area contributed by atoms with Gasteiger partial charge in [0.05, 0.1) is 19.1 Å². The van der Waals surface area contributed by atoms with Crippen LogP contribution in [0.5, 0.6) is 5.75 Å². The largest absolute Gasteiger partial charge is 0.495 e. The molecule has 0 spiro atoms. The van der Waals surface area contributed by atoms with Crippen LogP contribution in [0.2, 0.25) is 0 Å². The number of hydrogen-bond donors (Lipinski definition) is 1. The summed E-state index contributed by atoms with van der Waals surface area (Å²) in [6, 6.07) is 11.2. The molecule has 0 aromatic heterocycles. The van der Waals surface area contributed by atoms with Crippen LogP contribution in [0.4, 0.5) is 10.1 Å². The minimum Gasteiger partial charge on any atom is -0.495 e. The van der Waals surface area contributed by atoms with Crippen molar-refractivity contribution in [1.29, 1.82) is 0 Å². The Kier molecular flexibility index (Phi) is 9.85. The summed E-state index contributed by atoms with van der Waals surface area (Å²) in [7, 11) is -2.46. The molecule has 0 saturated carbocycles. The third-order valence-electron chi connectivity index (χ3n) is 5.30. The highest BCUT2D eigenvalue weighted by Gasteiger charge is 2.31. The molecule has 2 amide bonds. The van der Waals surface area contributed by atoms with E-state index in [4.69, 9.17) is 4.74 Å². The van der Waals surface area contributed by atoms with E-state index in [1.54, 1.807) is 31.2 Å². The molecule has 0 bridgehead atoms. The first kappa shape index (κ1) is 27.1. The Balaban J connectivity index is 2.37. The number of para-hydroxylation sites is 2. The summed E-state index contributed by atoms with van der Waals surface area (Å²) in [5.41, 5.74) is 0.814. The number of carbonyl (C=O) groups is 2. The average molecular weight is 494 g/mol. The van der Waals surface area contributed by atoms with Crippen molar-refractivity contribution in [3.8, 4) is 5.75 Å². The number of carbonyl (C=O) groups excluding carboxylic acids is 2. The zero-order chi connectivity index (χ0) is 25.3. The van der Waals surface area contributed by atoms with Gasteiger partial charge in [-0.2, -0.15) is 0 Å². The lowest BCUT2D eigenvalue weighted by atomic mass is 10.1. The van der Waals surface area contributed by atoms with Gasteiger partial charge in [0.15, 0.2) is 0 Å². The Bertz CT molecular complexity index is 1080. The lowest BCUT2D eigenvalue weighted by Gasteiger charge is -2.31. The van der Waals surface area contributed by atoms with Crippen LogP contribution in [-0.4, -0.2) is 57.6 Å². The van der Waals surface area contributed by atoms with Crippen molar-refractivity contribution in [1.82, 2.24) is 10.2 Å². The smallest absolute Gasteiger partial charge is 0.244 e. The molecule has 0 saturated heterocycles. The average Bonchev–Trinajstić information content (AvgIpc) is 2.81. The standard InChI is InChI=1S/C24H32FN3O5S/c1-5-6-15-26-24(30)18(2)27(16-19-11-13-20(25)14-12-19)23(29)17-28(34(4,31)32)21-9-7-8-10-22(21)33-3/h7-14,18H,5-6,15-17H2,1-4H3,(H,26,30). The van der Waals surface area contributed by atoms with Gasteiger partial charge in [-0.3, -0.25) is 13.9 Å². The Morgan fingerprint density at radius 2 is 1.76 bits per heavy atom. The van der Waals surface area contributed by atoms with Crippen molar-refractivity contribution in [3.05, 3.63) is 59.9 Å². The van der Waals surface area contributed by atoms with Gasteiger partial charge in [-0.1, -0.05) is 37.6 Å². The third-order valence-corrected chi connectivity index (χ3v) is 6.42. The number of nitrogens with one attached hydrogen (secondary N) is 1. The number of hydrogen-bond acceptors (Lipinski definition) is 5. The Morgan fingerprint density at radius 3 is 2.35 bits per heavy atom. The van der Waals surface area contributed by atoms with Crippen LogP contribution >= 0.6 is 0 Å². The number of anilines is 1. The molecule has 2 aromatic carbocycles. The topological polar surface area (TPSA) is 96.0 Å². The van der Waals surface area contributed by atoms with E-state index in [1.807, 2.05) is 6.92 Å². The Morgan fingerprint density at radius 1 is 1.12 bits per heavy atom. The van der Waals surface area contributed by atoms with Crippen molar-refractivity contribution in [2.75, 3.05) is 30.8 Å². The molecule has 0 radical (unpaired) electrons. The predicted octanol–water partition coefficient (Wildman–Crippen LogP) is 2.93. The van der Waals surface area contributed by atoms with Crippen molar-refractivity contribution >= 4 is 27.5 Å². The first-order valence-corrected chi connectivity index (χ1v) is 12.9. The maximum absolute atomic E-state index is 13.4. The van der Waals surface area contributed by atoms with Gasteiger partial charge >= 0.3 is 0 Å². The molecule has 0 heterocycles. The molecule has 0 aliphatic carbocycles. The summed E-state index contributed by atoms with van der Waals surface area (Å²) in [6.45, 7) is 3.51. The number of sulfonamides is 1. The highest BCUT2D eigenvalue weighted by atomic mass is 32.2. The van der Waals surface area contributed by atoms with Gasteiger partial charge in [-0.15, -0.1) is 0 Å². The SMILES string of the molecule is CCCCNC(=O)C(C)N(Cc1ccc(F)cc1)C(=O)CN(c1ccccc1OC)S(C)(=O)=O. The van der Waals surface area contributed by atoms with Gasteiger partial charge in [-0.05, 0) is 43.2 Å². The fraction of sp³-hybridized carbons (Fsp3) is 0.417. The Labute approximate surface area is 200 Å². The van der Waals surface area contributed by atoms with Crippen molar-refractivity contribution in [2.24, 2.45) is 0 Å². The normalized spacial score (nSPS) is 12.0. The van der Waals surface area contributed by atoms with Crippen LogP contribution in [0.1, 0.15) is 32.3 Å². The first-order valence-electron chi connectivity index (χ1n) is 11.0. The minimum atomic E-state index is -3.87. The molecule has 8 nitrogen and oxygen atoms in total. The molecular formula is C24H32FN3O5S. The first-order chi connectivity index (χ1) is 16.1. The highest BCUT2D eigenvalue weighted by Crippen LogP contribution is 2.29. The summed E-state index contributed by atoms with van der Waals surface area (Å²) in [4.78, 5) is 27.5. The fourth-order valence-electron chi connectivity index (χ4n) is 3.34. The third kappa shape index (κ3) is 7.44. The van der Waals surface area contributed by atoms with E-state index in [1.165, 1.54) is 36.3 Å². The molecular weight excluding hydrogens is 461 g/mol. The molecule has 186 valence electrons. The van der Waals surface area contributed by atoms with E-state index in [0.717, 1.165) is 23.4 Å². The van der Waals surface area contributed by atoms with Crippen molar-refractivity contribution < 1.29 is 27.1 Å². The molecule has 1 N–H and O–H groups in total. The van der Waals surface area contributed by atoms with Crippen LogP contribution in [0.15, 0.2) is 48.5 Å². The number of ether oxygens (including phenoxy) is 1. The van der Waals surface area contributed by atoms with Crippen LogP contribution in [0.25, 0.3) is 0 Å². The van der Waals surface area contributed by atoms with Crippen LogP contribution < -0.4 is 14.4 Å². The fourth-order valence-corrected chi connectivity index (χ4v) is 4.19. The predicted molar refractivity (Wildman–Crippen MR) is 130 cm³/mol. The summed E-state index contributed by atoms with van der Waals surface area (Å²) >= 11 is 0. The molecule has 10 heteroatoms. The van der Waals surface area contributed by atoms with Crippen molar-refractivity contribution in [2.45, 2.75) is 39.3 Å². The highest BCUT2D eigenvalue weighted by molar-refractivity contribution is 7.92. The molecule has 1 unspecified atom stereocenters. The van der Waals surface area contributed by atoms with E-state index in [9.17, 15) is 22.4 Å². The molecule has 2 aromatic rings. The molecule has 1 atom stereocenters. The molecule has 0 aliphatic heterocycles. The summed E-state index contributed by atoms with van der Waals surface area (Å²) in [5, 5.41) is 2.80. The number of amides is 2. The molecule has 0 fully saturated rings. The van der Waals surface area contributed by atoms with Crippen molar-refractivity contribution in [3.63, 3.8) is 0 Å². The van der Waals surface area contributed by atoms with Crippen LogP contribution in [0, 0.1) is 5.82 Å². The summed E-state index contributed by atoms with van der Waals surface area (Å²) in [5.74, 6) is -1.08. The zero-order valence-corrected chi connectivity index (χ0v) is 20.8. The van der Waals surface area contributed by atoms with Gasteiger partial charge in [-0.25, -0.2) is 12.8 Å². The van der Waals surface area contributed by atoms with E-state index >= 15 is 0 Å². The van der Waals surface area contributed by atoms with Gasteiger partial charge in [0.1, 0.15) is 24.2 Å². The van der Waals surface area contributed by atoms with Crippen LogP contribution in [-0.2, 0) is 26.2 Å². The number of unbranched alkanes of at least 4 members (excludes halogenated alkanes) is 1. The number of halogens is 1. The van der Waals surface area contributed by atoms with Gasteiger partial charge < -0.3 is 15.0 Å². The van der Waals surface area contributed by atoms with E-state index in [0.29, 0.717) is 12.1 Å². The summed E-state index contributed by atoms with van der Waals surface area (Å²) < 4.78 is 44.8. The molecule has 34 heavy (non-hydrogen) atoms. The number of methoxy groups -OCH3 is 1. The number of rotatable bonds is 12. The quantitative estimate of drug-likeness (QED) is 0.459. The molecule has 0 aliphatic rings. The second kappa shape index (κ2) is 12.4. The number of nitrogens with zero attached hydrogens (tertiary/aromatic N) is 2. The van der Waals surface area contributed by atoms with Gasteiger partial charge in [0.25, 0.3) is 0 Å². The van der Waals surface area contributed by atoms with E-state index < -0.39 is 34.3 Å². The maximum atomic E-state index is 13.4. The zero-order valence-electron chi connectivity index (χ0n) is 20.0. The number of benzene rings is 2.